The molecule has 0 saturated carbocycles. The van der Waals surface area contributed by atoms with E-state index in [1.54, 1.807) is 25.7 Å². The van der Waals surface area contributed by atoms with Crippen LogP contribution in [0.25, 0.3) is 0 Å². The molecule has 2 aliphatic rings. The summed E-state index contributed by atoms with van der Waals surface area (Å²) in [5, 5.41) is 0. The van der Waals surface area contributed by atoms with Gasteiger partial charge in [0.2, 0.25) is 5.91 Å². The van der Waals surface area contributed by atoms with Crippen molar-refractivity contribution in [1.82, 2.24) is 9.88 Å². The summed E-state index contributed by atoms with van der Waals surface area (Å²) in [6.07, 6.45) is -2.40. The lowest BCUT2D eigenvalue weighted by atomic mass is 9.79. The second-order valence-corrected chi connectivity index (χ2v) is 8.53. The first-order chi connectivity index (χ1) is 12.9. The molecule has 1 aromatic rings. The molecule has 9 heteroatoms. The number of aromatic nitrogens is 1. The molecule has 3 rings (SSSR count). The third kappa shape index (κ3) is 4.39. The van der Waals surface area contributed by atoms with E-state index < -0.39 is 23.4 Å². The first-order valence-corrected chi connectivity index (χ1v) is 9.20. The van der Waals surface area contributed by atoms with E-state index >= 15 is 0 Å². The van der Waals surface area contributed by atoms with Gasteiger partial charge in [0.15, 0.2) is 0 Å². The number of nitrogens with zero attached hydrogens (tertiary/aromatic N) is 3. The molecule has 0 aliphatic carbocycles. The van der Waals surface area contributed by atoms with Crippen molar-refractivity contribution in [2.45, 2.75) is 51.8 Å². The van der Waals surface area contributed by atoms with E-state index in [0.29, 0.717) is 25.9 Å². The third-order valence-corrected chi connectivity index (χ3v) is 5.10. The number of amides is 2. The van der Waals surface area contributed by atoms with Crippen LogP contribution in [0, 0.1) is 5.41 Å². The van der Waals surface area contributed by atoms with Gasteiger partial charge in [-0.25, -0.2) is 9.78 Å². The minimum absolute atomic E-state index is 0.00498. The van der Waals surface area contributed by atoms with Gasteiger partial charge in [-0.15, -0.1) is 0 Å². The fraction of sp³-hybridized carbons (Fsp3) is 0.632. The van der Waals surface area contributed by atoms with Crippen LogP contribution in [0.15, 0.2) is 18.3 Å². The SMILES string of the molecule is CC(C)(C)OC(=O)N1CCC2(CCC(=O)N(c3cc(C(F)(F)F)ccn3)C2)C1. The number of hydrogen-bond donors (Lipinski definition) is 0. The lowest BCUT2D eigenvalue weighted by Crippen LogP contribution is -2.49. The molecule has 2 aliphatic heterocycles. The molecule has 0 N–H and O–H groups in total. The van der Waals surface area contributed by atoms with E-state index in [4.69, 9.17) is 4.74 Å². The highest BCUT2D eigenvalue weighted by atomic mass is 19.4. The van der Waals surface area contributed by atoms with Crippen molar-refractivity contribution in [1.29, 1.82) is 0 Å². The molecule has 28 heavy (non-hydrogen) atoms. The van der Waals surface area contributed by atoms with Crippen LogP contribution in [-0.4, -0.2) is 47.1 Å². The lowest BCUT2D eigenvalue weighted by molar-refractivity contribution is -0.137. The number of ether oxygens (including phenoxy) is 1. The highest BCUT2D eigenvalue weighted by Gasteiger charge is 2.46. The van der Waals surface area contributed by atoms with Gasteiger partial charge in [0.1, 0.15) is 11.4 Å². The van der Waals surface area contributed by atoms with Crippen LogP contribution in [0.5, 0.6) is 0 Å². The van der Waals surface area contributed by atoms with Crippen LogP contribution in [0.2, 0.25) is 0 Å². The van der Waals surface area contributed by atoms with Crippen molar-refractivity contribution in [2.75, 3.05) is 24.5 Å². The molecule has 2 amide bonds. The quantitative estimate of drug-likeness (QED) is 0.720. The monoisotopic (exact) mass is 399 g/mol. The number of hydrogen-bond acceptors (Lipinski definition) is 4. The molecule has 2 fully saturated rings. The summed E-state index contributed by atoms with van der Waals surface area (Å²) in [4.78, 5) is 31.7. The fourth-order valence-electron chi connectivity index (χ4n) is 3.71. The number of alkyl halides is 3. The maximum Gasteiger partial charge on any atom is 0.416 e. The number of carbonyl (C=O) groups is 2. The van der Waals surface area contributed by atoms with Gasteiger partial charge in [0, 0.05) is 37.7 Å². The van der Waals surface area contributed by atoms with Gasteiger partial charge in [-0.05, 0) is 45.7 Å². The molecule has 0 aromatic carbocycles. The molecule has 1 aromatic heterocycles. The number of rotatable bonds is 1. The van der Waals surface area contributed by atoms with Gasteiger partial charge in [-0.2, -0.15) is 13.2 Å². The highest BCUT2D eigenvalue weighted by Crippen LogP contribution is 2.41. The molecule has 0 bridgehead atoms. The molecular weight excluding hydrogens is 375 g/mol. The number of halogens is 3. The van der Waals surface area contributed by atoms with Gasteiger partial charge >= 0.3 is 12.3 Å². The summed E-state index contributed by atoms with van der Waals surface area (Å²) < 4.78 is 44.4. The number of carbonyl (C=O) groups excluding carboxylic acids is 2. The zero-order chi connectivity index (χ0) is 20.7. The van der Waals surface area contributed by atoms with Crippen molar-refractivity contribution in [3.8, 4) is 0 Å². The van der Waals surface area contributed by atoms with E-state index in [0.717, 1.165) is 18.3 Å². The van der Waals surface area contributed by atoms with Crippen LogP contribution >= 0.6 is 0 Å². The summed E-state index contributed by atoms with van der Waals surface area (Å²) in [7, 11) is 0. The maximum absolute atomic E-state index is 13.0. The van der Waals surface area contributed by atoms with E-state index in [1.165, 1.54) is 4.90 Å². The molecule has 154 valence electrons. The molecule has 0 radical (unpaired) electrons. The average Bonchev–Trinajstić information content (AvgIpc) is 2.99. The van der Waals surface area contributed by atoms with Gasteiger partial charge in [0.05, 0.1) is 5.56 Å². The predicted molar refractivity (Wildman–Crippen MR) is 95.7 cm³/mol. The summed E-state index contributed by atoms with van der Waals surface area (Å²) in [6, 6.07) is 1.78. The predicted octanol–water partition coefficient (Wildman–Crippen LogP) is 3.85. The number of likely N-dealkylation sites (tertiary alicyclic amines) is 1. The van der Waals surface area contributed by atoms with Gasteiger partial charge in [0.25, 0.3) is 0 Å². The first-order valence-electron chi connectivity index (χ1n) is 9.20. The Bertz CT molecular complexity index is 776. The normalized spacial score (nSPS) is 23.4. The van der Waals surface area contributed by atoms with Crippen LogP contribution in [0.3, 0.4) is 0 Å². The molecule has 2 saturated heterocycles. The van der Waals surface area contributed by atoms with Gasteiger partial charge in [-0.3, -0.25) is 9.69 Å². The minimum Gasteiger partial charge on any atom is -0.444 e. The van der Waals surface area contributed by atoms with Gasteiger partial charge in [-0.1, -0.05) is 0 Å². The number of piperidine rings is 1. The lowest BCUT2D eigenvalue weighted by Gasteiger charge is -2.39. The van der Waals surface area contributed by atoms with Crippen molar-refractivity contribution < 1.29 is 27.5 Å². The van der Waals surface area contributed by atoms with E-state index in [9.17, 15) is 22.8 Å². The minimum atomic E-state index is -4.50. The second kappa shape index (κ2) is 6.93. The topological polar surface area (TPSA) is 62.7 Å². The second-order valence-electron chi connectivity index (χ2n) is 8.53. The zero-order valence-electron chi connectivity index (χ0n) is 16.2. The van der Waals surface area contributed by atoms with Crippen LogP contribution in [0.1, 0.15) is 45.6 Å². The molecule has 6 nitrogen and oxygen atoms in total. The van der Waals surface area contributed by atoms with Crippen molar-refractivity contribution in [3.63, 3.8) is 0 Å². The summed E-state index contributed by atoms with van der Waals surface area (Å²) in [5.41, 5.74) is -1.81. The standard InChI is InChI=1S/C19H24F3N3O3/c1-17(2,3)28-16(27)24-9-7-18(11-24)6-4-15(26)25(12-18)14-10-13(5-8-23-14)19(20,21)22/h5,8,10H,4,6-7,9,11-12H2,1-3H3. The molecule has 1 spiro atoms. The molecule has 1 unspecified atom stereocenters. The van der Waals surface area contributed by atoms with Crippen molar-refractivity contribution >= 4 is 17.8 Å². The largest absolute Gasteiger partial charge is 0.444 e. The van der Waals surface area contributed by atoms with Crippen LogP contribution < -0.4 is 4.90 Å². The molecular formula is C19H24F3N3O3. The highest BCUT2D eigenvalue weighted by molar-refractivity contribution is 5.93. The Labute approximate surface area is 161 Å². The smallest absolute Gasteiger partial charge is 0.416 e. The molecule has 1 atom stereocenters. The third-order valence-electron chi connectivity index (χ3n) is 5.10. The van der Waals surface area contributed by atoms with Crippen molar-refractivity contribution in [3.05, 3.63) is 23.9 Å². The van der Waals surface area contributed by atoms with E-state index in [1.807, 2.05) is 0 Å². The maximum atomic E-state index is 13.0. The Kier molecular flexibility index (Phi) is 5.05. The summed E-state index contributed by atoms with van der Waals surface area (Å²) >= 11 is 0. The number of pyridine rings is 1. The fourth-order valence-corrected chi connectivity index (χ4v) is 3.71. The van der Waals surface area contributed by atoms with E-state index in [-0.39, 0.29) is 30.1 Å². The molecule has 3 heterocycles. The summed E-state index contributed by atoms with van der Waals surface area (Å²) in [6.45, 7) is 6.50. The Morgan fingerprint density at radius 2 is 1.93 bits per heavy atom. The average molecular weight is 399 g/mol. The van der Waals surface area contributed by atoms with Gasteiger partial charge < -0.3 is 9.64 Å². The van der Waals surface area contributed by atoms with E-state index in [2.05, 4.69) is 4.98 Å². The Morgan fingerprint density at radius 3 is 2.57 bits per heavy atom. The zero-order valence-corrected chi connectivity index (χ0v) is 16.2. The Balaban J connectivity index is 1.77. The van der Waals surface area contributed by atoms with Crippen LogP contribution in [-0.2, 0) is 15.7 Å². The first kappa shape index (κ1) is 20.4. The Morgan fingerprint density at radius 1 is 1.21 bits per heavy atom. The van der Waals surface area contributed by atoms with Crippen molar-refractivity contribution in [2.24, 2.45) is 5.41 Å². The number of anilines is 1. The van der Waals surface area contributed by atoms with Crippen LogP contribution in [0.4, 0.5) is 23.8 Å². The summed E-state index contributed by atoms with van der Waals surface area (Å²) in [5.74, 6) is -0.261. The Hall–Kier alpha value is -2.32.